The molecular weight excluding hydrogens is 404 g/mol. The van der Waals surface area contributed by atoms with Gasteiger partial charge >= 0.3 is 11.9 Å². The predicted molar refractivity (Wildman–Crippen MR) is 114 cm³/mol. The van der Waals surface area contributed by atoms with Crippen LogP contribution in [0.3, 0.4) is 0 Å². The molecule has 2 aromatic carbocycles. The van der Waals surface area contributed by atoms with Crippen molar-refractivity contribution in [2.75, 3.05) is 24.6 Å². The fraction of sp³-hybridized carbons (Fsp3) is 0.238. The maximum Gasteiger partial charge on any atom is 0.335 e. The summed E-state index contributed by atoms with van der Waals surface area (Å²) >= 11 is 0. The number of rotatable bonds is 10. The highest BCUT2D eigenvalue weighted by Gasteiger charge is 2.17. The molecule has 2 aromatic rings. The number of nitro benzene ring substituents is 1. The lowest BCUT2D eigenvalue weighted by Gasteiger charge is -2.22. The van der Waals surface area contributed by atoms with Crippen LogP contribution in [0.5, 0.6) is 0 Å². The van der Waals surface area contributed by atoms with E-state index in [1.807, 2.05) is 11.8 Å². The van der Waals surface area contributed by atoms with Crippen molar-refractivity contribution in [3.05, 3.63) is 70.3 Å². The van der Waals surface area contributed by atoms with Crippen molar-refractivity contribution in [2.45, 2.75) is 13.8 Å². The number of hydrogen-bond acceptors (Lipinski definition) is 8. The lowest BCUT2D eigenvalue weighted by Crippen LogP contribution is -2.28. The van der Waals surface area contributed by atoms with Crippen molar-refractivity contribution < 1.29 is 24.4 Å². The van der Waals surface area contributed by atoms with E-state index in [0.717, 1.165) is 11.8 Å². The Labute approximate surface area is 178 Å². The monoisotopic (exact) mass is 426 g/mol. The molecule has 0 fully saturated rings. The maximum absolute atomic E-state index is 11.5. The molecule has 162 valence electrons. The molecule has 0 amide bonds. The van der Waals surface area contributed by atoms with E-state index in [1.165, 1.54) is 12.1 Å². The predicted octanol–water partition coefficient (Wildman–Crippen LogP) is 4.65. The van der Waals surface area contributed by atoms with E-state index in [9.17, 15) is 19.7 Å². The molecule has 0 aliphatic rings. The van der Waals surface area contributed by atoms with Crippen LogP contribution >= 0.6 is 0 Å². The number of aromatic carboxylic acids is 1. The van der Waals surface area contributed by atoms with Gasteiger partial charge in [-0.15, -0.1) is 5.11 Å². The van der Waals surface area contributed by atoms with Crippen molar-refractivity contribution in [3.63, 3.8) is 0 Å². The van der Waals surface area contributed by atoms with Gasteiger partial charge in [-0.25, -0.2) is 9.59 Å². The van der Waals surface area contributed by atoms with E-state index < -0.39 is 22.5 Å². The SMILES string of the molecule is C=C(C)C(=O)OCCN(CC)c1ccc(N=Nc2ccc(C(=O)O)cc2[N+](=O)[O-])cc1. The molecule has 0 bridgehead atoms. The minimum absolute atomic E-state index is 0.0476. The Morgan fingerprint density at radius 3 is 2.42 bits per heavy atom. The average Bonchev–Trinajstić information content (AvgIpc) is 2.75. The number of carboxylic acids is 1. The topological polar surface area (TPSA) is 135 Å². The number of carbonyl (C=O) groups excluding carboxylic acids is 1. The van der Waals surface area contributed by atoms with Gasteiger partial charge in [0.2, 0.25) is 0 Å². The largest absolute Gasteiger partial charge is 0.478 e. The first-order valence-electron chi connectivity index (χ1n) is 9.34. The summed E-state index contributed by atoms with van der Waals surface area (Å²) in [6.07, 6.45) is 0. The molecule has 0 saturated heterocycles. The van der Waals surface area contributed by atoms with Gasteiger partial charge in [0.05, 0.1) is 22.7 Å². The van der Waals surface area contributed by atoms with Gasteiger partial charge in [0.1, 0.15) is 6.61 Å². The standard InChI is InChI=1S/C21H22N4O6/c1-4-24(11-12-31-21(28)14(2)3)17-8-6-16(7-9-17)22-23-18-10-5-15(20(26)27)13-19(18)25(29)30/h5-10,13H,2,4,11-12H2,1,3H3,(H,26,27). The molecule has 0 saturated carbocycles. The van der Waals surface area contributed by atoms with Crippen molar-refractivity contribution in [2.24, 2.45) is 10.2 Å². The lowest BCUT2D eigenvalue weighted by molar-refractivity contribution is -0.384. The number of nitrogens with zero attached hydrogens (tertiary/aromatic N) is 4. The van der Waals surface area contributed by atoms with E-state index in [-0.39, 0.29) is 17.9 Å². The summed E-state index contributed by atoms with van der Waals surface area (Å²) in [5, 5.41) is 28.1. The van der Waals surface area contributed by atoms with Crippen LogP contribution in [0.2, 0.25) is 0 Å². The number of carboxylic acid groups (broad SMARTS) is 1. The van der Waals surface area contributed by atoms with Gasteiger partial charge in [-0.05, 0) is 50.2 Å². The summed E-state index contributed by atoms with van der Waals surface area (Å²) in [5.41, 5.74) is 0.990. The first-order chi connectivity index (χ1) is 14.7. The lowest BCUT2D eigenvalue weighted by atomic mass is 10.2. The number of nitro groups is 1. The Morgan fingerprint density at radius 2 is 1.87 bits per heavy atom. The first kappa shape index (κ1) is 23.2. The Hall–Kier alpha value is -4.08. The molecular formula is C21H22N4O6. The average molecular weight is 426 g/mol. The van der Waals surface area contributed by atoms with Gasteiger partial charge in [-0.2, -0.15) is 5.11 Å². The molecule has 2 rings (SSSR count). The van der Waals surface area contributed by atoms with E-state index in [2.05, 4.69) is 16.8 Å². The molecule has 10 heteroatoms. The third kappa shape index (κ3) is 6.46. The van der Waals surface area contributed by atoms with Gasteiger partial charge in [0.15, 0.2) is 5.69 Å². The van der Waals surface area contributed by atoms with Crippen LogP contribution in [0.15, 0.2) is 64.8 Å². The fourth-order valence-corrected chi connectivity index (χ4v) is 2.57. The number of benzene rings is 2. The molecule has 1 N–H and O–H groups in total. The highest BCUT2D eigenvalue weighted by atomic mass is 16.6. The van der Waals surface area contributed by atoms with Crippen molar-refractivity contribution in [3.8, 4) is 0 Å². The number of carbonyl (C=O) groups is 2. The second kappa shape index (κ2) is 10.6. The van der Waals surface area contributed by atoms with E-state index in [4.69, 9.17) is 9.84 Å². The normalized spacial score (nSPS) is 10.6. The van der Waals surface area contributed by atoms with E-state index in [1.54, 1.807) is 31.2 Å². The summed E-state index contributed by atoms with van der Waals surface area (Å²) in [7, 11) is 0. The third-order valence-electron chi connectivity index (χ3n) is 4.23. The Bertz CT molecular complexity index is 1020. The molecule has 0 spiro atoms. The molecule has 10 nitrogen and oxygen atoms in total. The zero-order valence-electron chi connectivity index (χ0n) is 17.1. The van der Waals surface area contributed by atoms with Crippen molar-refractivity contribution in [1.82, 2.24) is 0 Å². The molecule has 0 unspecified atom stereocenters. The van der Waals surface area contributed by atoms with Crippen LogP contribution in [0.25, 0.3) is 0 Å². The van der Waals surface area contributed by atoms with Gasteiger partial charge in [-0.3, -0.25) is 10.1 Å². The summed E-state index contributed by atoms with van der Waals surface area (Å²) in [6.45, 7) is 8.49. The third-order valence-corrected chi connectivity index (χ3v) is 4.23. The van der Waals surface area contributed by atoms with Crippen LogP contribution in [-0.4, -0.2) is 41.7 Å². The second-order valence-corrected chi connectivity index (χ2v) is 6.48. The van der Waals surface area contributed by atoms with Crippen LogP contribution < -0.4 is 4.90 Å². The van der Waals surface area contributed by atoms with Gasteiger partial charge in [0.25, 0.3) is 5.69 Å². The first-order valence-corrected chi connectivity index (χ1v) is 9.34. The van der Waals surface area contributed by atoms with Gasteiger partial charge in [-0.1, -0.05) is 6.58 Å². The van der Waals surface area contributed by atoms with Gasteiger partial charge in [0, 0.05) is 23.9 Å². The summed E-state index contributed by atoms with van der Waals surface area (Å²) in [6, 6.07) is 10.4. The Balaban J connectivity index is 2.10. The summed E-state index contributed by atoms with van der Waals surface area (Å²) in [4.78, 5) is 35.0. The zero-order chi connectivity index (χ0) is 23.0. The highest BCUT2D eigenvalue weighted by Crippen LogP contribution is 2.30. The Morgan fingerprint density at radius 1 is 1.19 bits per heavy atom. The number of anilines is 1. The fourth-order valence-electron chi connectivity index (χ4n) is 2.57. The van der Waals surface area contributed by atoms with E-state index >= 15 is 0 Å². The smallest absolute Gasteiger partial charge is 0.335 e. The number of ether oxygens (including phenoxy) is 1. The van der Waals surface area contributed by atoms with Crippen LogP contribution in [0, 0.1) is 10.1 Å². The Kier molecular flexibility index (Phi) is 7.95. The second-order valence-electron chi connectivity index (χ2n) is 6.48. The molecule has 0 aliphatic heterocycles. The number of esters is 1. The number of azo groups is 1. The minimum Gasteiger partial charge on any atom is -0.478 e. The molecule has 0 aliphatic carbocycles. The minimum atomic E-state index is -1.27. The van der Waals surface area contributed by atoms with Crippen LogP contribution in [0.1, 0.15) is 24.2 Å². The quantitative estimate of drug-likeness (QED) is 0.192. The van der Waals surface area contributed by atoms with Crippen LogP contribution in [-0.2, 0) is 9.53 Å². The van der Waals surface area contributed by atoms with Crippen molar-refractivity contribution >= 4 is 34.7 Å². The van der Waals surface area contributed by atoms with E-state index in [0.29, 0.717) is 24.4 Å². The summed E-state index contributed by atoms with van der Waals surface area (Å²) in [5.74, 6) is -1.70. The molecule has 0 heterocycles. The highest BCUT2D eigenvalue weighted by molar-refractivity contribution is 5.89. The molecule has 0 radical (unpaired) electrons. The molecule has 0 atom stereocenters. The molecule has 0 aromatic heterocycles. The van der Waals surface area contributed by atoms with Gasteiger partial charge < -0.3 is 14.7 Å². The number of likely N-dealkylation sites (N-methyl/N-ethyl adjacent to an activating group) is 1. The summed E-state index contributed by atoms with van der Waals surface area (Å²) < 4.78 is 5.12. The maximum atomic E-state index is 11.5. The number of hydrogen-bond donors (Lipinski definition) is 1. The van der Waals surface area contributed by atoms with Crippen molar-refractivity contribution in [1.29, 1.82) is 0 Å². The zero-order valence-corrected chi connectivity index (χ0v) is 17.1. The molecule has 31 heavy (non-hydrogen) atoms. The van der Waals surface area contributed by atoms with Crippen LogP contribution in [0.4, 0.5) is 22.7 Å².